The lowest BCUT2D eigenvalue weighted by Gasteiger charge is -2.10. The zero-order valence-electron chi connectivity index (χ0n) is 11.5. The van der Waals surface area contributed by atoms with E-state index in [1.807, 2.05) is 6.92 Å². The Morgan fingerprint density at radius 3 is 2.60 bits per heavy atom. The van der Waals surface area contributed by atoms with Gasteiger partial charge < -0.3 is 9.47 Å². The highest BCUT2D eigenvalue weighted by Crippen LogP contribution is 2.28. The van der Waals surface area contributed by atoms with Crippen molar-refractivity contribution in [3.63, 3.8) is 0 Å². The summed E-state index contributed by atoms with van der Waals surface area (Å²) >= 11 is 0. The topological polar surface area (TPSA) is 53.4 Å². The highest BCUT2D eigenvalue weighted by Gasteiger charge is 2.26. The molecule has 2 aromatic rings. The number of halogens is 1. The highest BCUT2D eigenvalue weighted by atomic mass is 19.1. The van der Waals surface area contributed by atoms with Crippen molar-refractivity contribution >= 4 is 5.78 Å². The van der Waals surface area contributed by atoms with Crippen LogP contribution < -0.4 is 9.47 Å². The quantitative estimate of drug-likeness (QED) is 0.787. The number of aryl methyl sites for hydroxylation is 1. The van der Waals surface area contributed by atoms with Crippen molar-refractivity contribution in [2.24, 2.45) is 0 Å². The summed E-state index contributed by atoms with van der Waals surface area (Å²) < 4.78 is 25.6. The molecule has 0 atom stereocenters. The highest BCUT2D eigenvalue weighted by molar-refractivity contribution is 6.11. The molecule has 5 nitrogen and oxygen atoms in total. The smallest absolute Gasteiger partial charge is 0.221 e. The number of ketones is 1. The fraction of sp³-hybridized carbons (Fsp3) is 0.286. The van der Waals surface area contributed by atoms with Crippen molar-refractivity contribution in [3.05, 3.63) is 41.5 Å². The minimum absolute atomic E-state index is 0.122. The van der Waals surface area contributed by atoms with E-state index in [1.54, 1.807) is 0 Å². The Morgan fingerprint density at radius 1 is 1.30 bits per heavy atom. The number of rotatable bonds is 5. The summed E-state index contributed by atoms with van der Waals surface area (Å²) in [5.41, 5.74) is 0.0851. The molecule has 0 spiro atoms. The van der Waals surface area contributed by atoms with Crippen molar-refractivity contribution in [2.45, 2.75) is 13.5 Å². The molecule has 1 aromatic carbocycles. The predicted molar refractivity (Wildman–Crippen MR) is 70.8 cm³/mol. The molecule has 0 aliphatic rings. The molecule has 20 heavy (non-hydrogen) atoms. The summed E-state index contributed by atoms with van der Waals surface area (Å²) in [4.78, 5) is 12.6. The second-order valence-electron chi connectivity index (χ2n) is 4.02. The molecule has 0 fully saturated rings. The van der Waals surface area contributed by atoms with Gasteiger partial charge in [-0.25, -0.2) is 4.39 Å². The summed E-state index contributed by atoms with van der Waals surface area (Å²) in [6.07, 6.45) is 1.43. The third kappa shape index (κ3) is 2.24. The van der Waals surface area contributed by atoms with Crippen molar-refractivity contribution in [1.82, 2.24) is 9.78 Å². The maximum atomic E-state index is 14.0. The van der Waals surface area contributed by atoms with E-state index in [9.17, 15) is 9.18 Å². The lowest BCUT2D eigenvalue weighted by Crippen LogP contribution is -2.14. The van der Waals surface area contributed by atoms with Crippen molar-refractivity contribution in [1.29, 1.82) is 0 Å². The van der Waals surface area contributed by atoms with Crippen LogP contribution in [0.4, 0.5) is 4.39 Å². The van der Waals surface area contributed by atoms with Crippen LogP contribution in [0.5, 0.6) is 11.5 Å². The van der Waals surface area contributed by atoms with Gasteiger partial charge in [0.25, 0.3) is 0 Å². The van der Waals surface area contributed by atoms with Crippen LogP contribution in [0.2, 0.25) is 0 Å². The molecule has 0 radical (unpaired) electrons. The number of hydrogen-bond donors (Lipinski definition) is 0. The van der Waals surface area contributed by atoms with E-state index in [-0.39, 0.29) is 17.0 Å². The number of hydrogen-bond acceptors (Lipinski definition) is 4. The number of carbonyl (C=O) groups is 1. The molecule has 0 saturated heterocycles. The third-order valence-corrected chi connectivity index (χ3v) is 2.96. The summed E-state index contributed by atoms with van der Waals surface area (Å²) in [6, 6.07) is 4.24. The largest absolute Gasteiger partial charge is 0.496 e. The second kappa shape index (κ2) is 5.73. The first-order chi connectivity index (χ1) is 9.63. The average molecular weight is 278 g/mol. The first-order valence-electron chi connectivity index (χ1n) is 6.11. The van der Waals surface area contributed by atoms with E-state index in [0.717, 1.165) is 0 Å². The maximum absolute atomic E-state index is 14.0. The summed E-state index contributed by atoms with van der Waals surface area (Å²) in [7, 11) is 2.83. The van der Waals surface area contributed by atoms with Crippen LogP contribution >= 0.6 is 0 Å². The van der Waals surface area contributed by atoms with Crippen LogP contribution in [0.15, 0.2) is 24.4 Å². The van der Waals surface area contributed by atoms with Gasteiger partial charge in [-0.3, -0.25) is 9.48 Å². The monoisotopic (exact) mass is 278 g/mol. The fourth-order valence-corrected chi connectivity index (χ4v) is 2.00. The van der Waals surface area contributed by atoms with Gasteiger partial charge in [-0.05, 0) is 19.1 Å². The number of methoxy groups -OCH3 is 2. The van der Waals surface area contributed by atoms with E-state index in [4.69, 9.17) is 9.47 Å². The van der Waals surface area contributed by atoms with Crippen molar-refractivity contribution < 1.29 is 18.7 Å². The Hall–Kier alpha value is -2.37. The molecule has 0 amide bonds. The van der Waals surface area contributed by atoms with Gasteiger partial charge in [0, 0.05) is 6.54 Å². The van der Waals surface area contributed by atoms with Gasteiger partial charge in [0.15, 0.2) is 11.4 Å². The molecule has 0 unspecified atom stereocenters. The van der Waals surface area contributed by atoms with Crippen LogP contribution in [0.3, 0.4) is 0 Å². The van der Waals surface area contributed by atoms with Crippen LogP contribution in [0.1, 0.15) is 23.0 Å². The van der Waals surface area contributed by atoms with E-state index in [2.05, 4.69) is 5.10 Å². The molecular weight excluding hydrogens is 263 g/mol. The van der Waals surface area contributed by atoms with E-state index < -0.39 is 11.6 Å². The van der Waals surface area contributed by atoms with Gasteiger partial charge in [0.05, 0.1) is 20.4 Å². The van der Waals surface area contributed by atoms with Crippen LogP contribution in [0, 0.1) is 5.82 Å². The molecule has 1 aromatic heterocycles. The molecule has 106 valence electrons. The summed E-state index contributed by atoms with van der Waals surface area (Å²) in [5, 5.41) is 4.04. The lowest BCUT2D eigenvalue weighted by atomic mass is 10.1. The van der Waals surface area contributed by atoms with E-state index in [0.29, 0.717) is 12.3 Å². The SMILES string of the molecule is CCn1ncc(OC)c1C(=O)c1c(F)cccc1OC. The van der Waals surface area contributed by atoms with Gasteiger partial charge in [0.1, 0.15) is 17.1 Å². The Balaban J connectivity index is 2.60. The molecule has 6 heteroatoms. The Kier molecular flexibility index (Phi) is 4.02. The van der Waals surface area contributed by atoms with Gasteiger partial charge in [0.2, 0.25) is 5.78 Å². The molecule has 0 N–H and O–H groups in total. The standard InChI is InChI=1S/C14H15FN2O3/c1-4-17-13(11(20-3)8-16-17)14(18)12-9(15)6-5-7-10(12)19-2/h5-8H,4H2,1-3H3. The van der Waals surface area contributed by atoms with E-state index >= 15 is 0 Å². The zero-order chi connectivity index (χ0) is 14.7. The van der Waals surface area contributed by atoms with Crippen LogP contribution in [0.25, 0.3) is 0 Å². The zero-order valence-corrected chi connectivity index (χ0v) is 11.5. The van der Waals surface area contributed by atoms with Crippen LogP contribution in [-0.2, 0) is 6.54 Å². The molecule has 0 aliphatic carbocycles. The summed E-state index contributed by atoms with van der Waals surface area (Å²) in [5.74, 6) is -0.667. The Morgan fingerprint density at radius 2 is 2.00 bits per heavy atom. The Bertz CT molecular complexity index is 616. The molecule has 0 bridgehead atoms. The van der Waals surface area contributed by atoms with Crippen molar-refractivity contribution in [2.75, 3.05) is 14.2 Å². The van der Waals surface area contributed by atoms with Gasteiger partial charge in [-0.15, -0.1) is 0 Å². The Labute approximate surface area is 115 Å². The van der Waals surface area contributed by atoms with Crippen LogP contribution in [-0.4, -0.2) is 29.8 Å². The van der Waals surface area contributed by atoms with Gasteiger partial charge >= 0.3 is 0 Å². The van der Waals surface area contributed by atoms with Gasteiger partial charge in [-0.2, -0.15) is 5.10 Å². The summed E-state index contributed by atoms with van der Waals surface area (Å²) in [6.45, 7) is 2.31. The third-order valence-electron chi connectivity index (χ3n) is 2.96. The number of benzene rings is 1. The minimum atomic E-state index is -0.639. The van der Waals surface area contributed by atoms with Gasteiger partial charge in [-0.1, -0.05) is 6.07 Å². The number of ether oxygens (including phenoxy) is 2. The fourth-order valence-electron chi connectivity index (χ4n) is 2.00. The molecule has 0 saturated carbocycles. The number of nitrogens with zero attached hydrogens (tertiary/aromatic N) is 2. The number of carbonyl (C=O) groups excluding carboxylic acids is 1. The molecule has 0 aliphatic heterocycles. The first-order valence-corrected chi connectivity index (χ1v) is 6.11. The molecule has 1 heterocycles. The second-order valence-corrected chi connectivity index (χ2v) is 4.02. The molecule has 2 rings (SSSR count). The molecular formula is C14H15FN2O3. The number of aromatic nitrogens is 2. The minimum Gasteiger partial charge on any atom is -0.496 e. The first kappa shape index (κ1) is 14.0. The predicted octanol–water partition coefficient (Wildman–Crippen LogP) is 2.29. The van der Waals surface area contributed by atoms with E-state index in [1.165, 1.54) is 43.3 Å². The maximum Gasteiger partial charge on any atom is 0.221 e. The normalized spacial score (nSPS) is 10.4. The van der Waals surface area contributed by atoms with Crippen molar-refractivity contribution in [3.8, 4) is 11.5 Å². The lowest BCUT2D eigenvalue weighted by molar-refractivity contribution is 0.101. The average Bonchev–Trinajstić information content (AvgIpc) is 2.89.